The summed E-state index contributed by atoms with van der Waals surface area (Å²) >= 11 is 0. The van der Waals surface area contributed by atoms with Crippen molar-refractivity contribution >= 4 is 11.9 Å². The van der Waals surface area contributed by atoms with E-state index in [0.29, 0.717) is 25.1 Å². The second kappa shape index (κ2) is 7.25. The van der Waals surface area contributed by atoms with Gasteiger partial charge in [-0.3, -0.25) is 4.79 Å². The summed E-state index contributed by atoms with van der Waals surface area (Å²) in [7, 11) is 0. The minimum absolute atomic E-state index is 0.00869. The van der Waals surface area contributed by atoms with Crippen LogP contribution >= 0.6 is 0 Å². The fourth-order valence-electron chi connectivity index (χ4n) is 2.79. The van der Waals surface area contributed by atoms with E-state index in [1.165, 1.54) is 24.3 Å². The first-order chi connectivity index (χ1) is 11.6. The lowest BCUT2D eigenvalue weighted by molar-refractivity contribution is -0.128. The number of rotatable bonds is 5. The smallest absolute Gasteiger partial charge is 0.338 e. The van der Waals surface area contributed by atoms with Gasteiger partial charge in [-0.15, -0.1) is 0 Å². The van der Waals surface area contributed by atoms with Crippen LogP contribution in [0.2, 0.25) is 0 Å². The van der Waals surface area contributed by atoms with Crippen LogP contribution in [0.4, 0.5) is 4.39 Å². The average molecular weight is 327 g/mol. The number of likely N-dealkylation sites (tertiary alicyclic amines) is 1. The molecule has 1 amide bonds. The normalized spacial score (nSPS) is 17.1. The van der Waals surface area contributed by atoms with E-state index in [1.807, 2.05) is 30.3 Å². The SMILES string of the molecule is O=C(OCC1CC(=O)N(Cc2ccccc2)C1)c1ccc(F)cc1. The summed E-state index contributed by atoms with van der Waals surface area (Å²) < 4.78 is 18.1. The summed E-state index contributed by atoms with van der Waals surface area (Å²) in [5, 5.41) is 0. The summed E-state index contributed by atoms with van der Waals surface area (Å²) in [5.41, 5.74) is 1.39. The Bertz CT molecular complexity index is 715. The van der Waals surface area contributed by atoms with E-state index in [2.05, 4.69) is 0 Å². The van der Waals surface area contributed by atoms with Crippen molar-refractivity contribution in [2.24, 2.45) is 5.92 Å². The largest absolute Gasteiger partial charge is 0.462 e. The van der Waals surface area contributed by atoms with E-state index < -0.39 is 11.8 Å². The number of carbonyl (C=O) groups is 2. The molecule has 0 radical (unpaired) electrons. The molecule has 0 aliphatic carbocycles. The van der Waals surface area contributed by atoms with Gasteiger partial charge in [0.05, 0.1) is 12.2 Å². The molecular weight excluding hydrogens is 309 g/mol. The maximum absolute atomic E-state index is 12.9. The molecule has 0 aromatic heterocycles. The summed E-state index contributed by atoms with van der Waals surface area (Å²) in [6.07, 6.45) is 0.379. The lowest BCUT2D eigenvalue weighted by atomic mass is 10.1. The topological polar surface area (TPSA) is 46.6 Å². The molecule has 1 aliphatic rings. The predicted molar refractivity (Wildman–Crippen MR) is 86.6 cm³/mol. The number of amides is 1. The van der Waals surface area contributed by atoms with Crippen LogP contribution in [0, 0.1) is 11.7 Å². The molecule has 2 aromatic carbocycles. The third-order valence-corrected chi connectivity index (χ3v) is 4.04. The number of carbonyl (C=O) groups excluding carboxylic acids is 2. The maximum Gasteiger partial charge on any atom is 0.338 e. The van der Waals surface area contributed by atoms with Gasteiger partial charge in [-0.2, -0.15) is 0 Å². The Labute approximate surface area is 139 Å². The van der Waals surface area contributed by atoms with Gasteiger partial charge in [-0.25, -0.2) is 9.18 Å². The van der Waals surface area contributed by atoms with E-state index in [-0.39, 0.29) is 18.4 Å². The highest BCUT2D eigenvalue weighted by atomic mass is 19.1. The molecule has 24 heavy (non-hydrogen) atoms. The Morgan fingerprint density at radius 1 is 1.12 bits per heavy atom. The van der Waals surface area contributed by atoms with Crippen molar-refractivity contribution in [3.63, 3.8) is 0 Å². The van der Waals surface area contributed by atoms with Crippen LogP contribution in [-0.2, 0) is 16.1 Å². The Morgan fingerprint density at radius 3 is 2.54 bits per heavy atom. The third kappa shape index (κ3) is 3.98. The first kappa shape index (κ1) is 16.2. The molecule has 1 saturated heterocycles. The number of esters is 1. The molecule has 1 unspecified atom stereocenters. The molecule has 0 saturated carbocycles. The zero-order valence-electron chi connectivity index (χ0n) is 13.2. The van der Waals surface area contributed by atoms with Crippen LogP contribution in [-0.4, -0.2) is 29.9 Å². The van der Waals surface area contributed by atoms with Crippen molar-refractivity contribution in [3.05, 3.63) is 71.5 Å². The van der Waals surface area contributed by atoms with Gasteiger partial charge in [0, 0.05) is 25.4 Å². The standard InChI is InChI=1S/C19H18FNO3/c20-17-8-6-16(7-9-17)19(23)24-13-15-10-18(22)21(12-15)11-14-4-2-1-3-5-14/h1-9,15H,10-13H2. The van der Waals surface area contributed by atoms with E-state index in [1.54, 1.807) is 4.90 Å². The van der Waals surface area contributed by atoms with E-state index in [9.17, 15) is 14.0 Å². The van der Waals surface area contributed by atoms with Crippen molar-refractivity contribution < 1.29 is 18.7 Å². The minimum Gasteiger partial charge on any atom is -0.462 e. The van der Waals surface area contributed by atoms with Crippen LogP contribution in [0.3, 0.4) is 0 Å². The minimum atomic E-state index is -0.496. The Balaban J connectivity index is 1.51. The van der Waals surface area contributed by atoms with Gasteiger partial charge >= 0.3 is 5.97 Å². The first-order valence-corrected chi connectivity index (χ1v) is 7.86. The predicted octanol–water partition coefficient (Wildman–Crippen LogP) is 3.03. The summed E-state index contributed by atoms with van der Waals surface area (Å²) in [6, 6.07) is 15.0. The Kier molecular flexibility index (Phi) is 4.89. The highest BCUT2D eigenvalue weighted by Crippen LogP contribution is 2.21. The second-order valence-electron chi connectivity index (χ2n) is 5.94. The molecule has 0 N–H and O–H groups in total. The van der Waals surface area contributed by atoms with Gasteiger partial charge in [-0.05, 0) is 29.8 Å². The molecule has 4 nitrogen and oxygen atoms in total. The van der Waals surface area contributed by atoms with Crippen molar-refractivity contribution in [2.75, 3.05) is 13.2 Å². The second-order valence-corrected chi connectivity index (χ2v) is 5.94. The third-order valence-electron chi connectivity index (χ3n) is 4.04. The molecular formula is C19H18FNO3. The zero-order chi connectivity index (χ0) is 16.9. The van der Waals surface area contributed by atoms with Crippen molar-refractivity contribution in [1.82, 2.24) is 4.90 Å². The fourth-order valence-corrected chi connectivity index (χ4v) is 2.79. The highest BCUT2D eigenvalue weighted by molar-refractivity contribution is 5.89. The molecule has 2 aromatic rings. The fraction of sp³-hybridized carbons (Fsp3) is 0.263. The molecule has 124 valence electrons. The molecule has 5 heteroatoms. The van der Waals surface area contributed by atoms with Gasteiger partial charge in [0.2, 0.25) is 5.91 Å². The Hall–Kier alpha value is -2.69. The van der Waals surface area contributed by atoms with E-state index in [0.717, 1.165) is 5.56 Å². The molecule has 0 bridgehead atoms. The first-order valence-electron chi connectivity index (χ1n) is 7.86. The lowest BCUT2D eigenvalue weighted by Gasteiger charge is -2.16. The van der Waals surface area contributed by atoms with Gasteiger partial charge in [0.25, 0.3) is 0 Å². The number of halogens is 1. The van der Waals surface area contributed by atoms with Crippen molar-refractivity contribution in [2.45, 2.75) is 13.0 Å². The summed E-state index contributed by atoms with van der Waals surface area (Å²) in [5.74, 6) is -0.833. The summed E-state index contributed by atoms with van der Waals surface area (Å²) in [6.45, 7) is 1.33. The van der Waals surface area contributed by atoms with Gasteiger partial charge < -0.3 is 9.64 Å². The van der Waals surface area contributed by atoms with E-state index >= 15 is 0 Å². The summed E-state index contributed by atoms with van der Waals surface area (Å²) in [4.78, 5) is 25.8. The molecule has 0 spiro atoms. The van der Waals surface area contributed by atoms with E-state index in [4.69, 9.17) is 4.74 Å². The van der Waals surface area contributed by atoms with Crippen LogP contribution in [0.1, 0.15) is 22.3 Å². The van der Waals surface area contributed by atoms with Gasteiger partial charge in [-0.1, -0.05) is 30.3 Å². The number of hydrogen-bond acceptors (Lipinski definition) is 3. The maximum atomic E-state index is 12.9. The molecule has 1 heterocycles. The average Bonchev–Trinajstić information content (AvgIpc) is 2.94. The quantitative estimate of drug-likeness (QED) is 0.793. The molecule has 1 aliphatic heterocycles. The molecule has 1 atom stereocenters. The van der Waals surface area contributed by atoms with Crippen LogP contribution in [0.25, 0.3) is 0 Å². The van der Waals surface area contributed by atoms with Gasteiger partial charge in [0.15, 0.2) is 0 Å². The van der Waals surface area contributed by atoms with Crippen LogP contribution in [0.5, 0.6) is 0 Å². The Morgan fingerprint density at radius 2 is 1.83 bits per heavy atom. The number of hydrogen-bond donors (Lipinski definition) is 0. The zero-order valence-corrected chi connectivity index (χ0v) is 13.2. The van der Waals surface area contributed by atoms with Crippen LogP contribution in [0.15, 0.2) is 54.6 Å². The number of benzene rings is 2. The number of nitrogens with zero attached hydrogens (tertiary/aromatic N) is 1. The van der Waals surface area contributed by atoms with Crippen molar-refractivity contribution in [3.8, 4) is 0 Å². The van der Waals surface area contributed by atoms with Crippen molar-refractivity contribution in [1.29, 1.82) is 0 Å². The van der Waals surface area contributed by atoms with Gasteiger partial charge in [0.1, 0.15) is 5.82 Å². The molecule has 1 fully saturated rings. The monoisotopic (exact) mass is 327 g/mol. The lowest BCUT2D eigenvalue weighted by Crippen LogP contribution is -2.25. The highest BCUT2D eigenvalue weighted by Gasteiger charge is 2.30. The molecule has 3 rings (SSSR count). The number of ether oxygens (including phenoxy) is 1. The van der Waals surface area contributed by atoms with Crippen LogP contribution < -0.4 is 0 Å².